The van der Waals surface area contributed by atoms with Gasteiger partial charge < -0.3 is 10.5 Å². The van der Waals surface area contributed by atoms with Gasteiger partial charge in [-0.25, -0.2) is 4.39 Å². The Morgan fingerprint density at radius 3 is 2.00 bits per heavy atom. The smallest absolute Gasteiger partial charge is 0.171 e. The molecule has 0 amide bonds. The van der Waals surface area contributed by atoms with Crippen molar-refractivity contribution < 1.29 is 9.13 Å². The highest BCUT2D eigenvalue weighted by Crippen LogP contribution is 2.27. The van der Waals surface area contributed by atoms with Gasteiger partial charge in [-0.1, -0.05) is 60.7 Å². The Kier molecular flexibility index (Phi) is 7.34. The molecule has 0 spiro atoms. The van der Waals surface area contributed by atoms with E-state index in [2.05, 4.69) is 10.5 Å². The molecule has 3 rings (SSSR count). The van der Waals surface area contributed by atoms with Gasteiger partial charge in [0.25, 0.3) is 0 Å². The van der Waals surface area contributed by atoms with Crippen molar-refractivity contribution in [3.63, 3.8) is 0 Å². The summed E-state index contributed by atoms with van der Waals surface area (Å²) in [4.78, 5) is 0. The quantitative estimate of drug-likeness (QED) is 0.482. The lowest BCUT2D eigenvalue weighted by molar-refractivity contribution is 0.384. The van der Waals surface area contributed by atoms with Crippen molar-refractivity contribution in [3.05, 3.63) is 95.3 Å². The molecule has 0 bridgehead atoms. The van der Waals surface area contributed by atoms with Crippen LogP contribution in [0.25, 0.3) is 0 Å². The van der Waals surface area contributed by atoms with E-state index in [1.165, 1.54) is 7.11 Å². The van der Waals surface area contributed by atoms with Crippen LogP contribution in [0.15, 0.2) is 77.9 Å². The van der Waals surface area contributed by atoms with Crippen LogP contribution < -0.4 is 15.9 Å². The Morgan fingerprint density at radius 1 is 0.963 bits per heavy atom. The molecular formula is C21H21ClFN3O. The number of hydrazone groups is 1. The minimum Gasteiger partial charge on any atom is -0.494 e. The fourth-order valence-electron chi connectivity index (χ4n) is 2.67. The zero-order chi connectivity index (χ0) is 18.4. The van der Waals surface area contributed by atoms with Gasteiger partial charge in [-0.3, -0.25) is 5.43 Å². The van der Waals surface area contributed by atoms with Gasteiger partial charge in [0.15, 0.2) is 11.6 Å². The molecule has 0 aliphatic rings. The molecule has 27 heavy (non-hydrogen) atoms. The predicted molar refractivity (Wildman–Crippen MR) is 110 cm³/mol. The maximum Gasteiger partial charge on any atom is 0.171 e. The fourth-order valence-corrected chi connectivity index (χ4v) is 2.67. The molecule has 140 valence electrons. The van der Waals surface area contributed by atoms with Crippen molar-refractivity contribution in [2.24, 2.45) is 10.8 Å². The lowest BCUT2D eigenvalue weighted by Crippen LogP contribution is -2.09. The number of ether oxygens (including phenoxy) is 1. The number of halogens is 2. The zero-order valence-corrected chi connectivity index (χ0v) is 15.7. The van der Waals surface area contributed by atoms with Gasteiger partial charge in [0, 0.05) is 23.2 Å². The van der Waals surface area contributed by atoms with Crippen LogP contribution in [0.4, 0.5) is 10.1 Å². The third-order valence-electron chi connectivity index (χ3n) is 4.01. The van der Waals surface area contributed by atoms with E-state index in [0.717, 1.165) is 16.8 Å². The number of nitrogens with one attached hydrogen (secondary N) is 1. The van der Waals surface area contributed by atoms with Gasteiger partial charge in [0.2, 0.25) is 0 Å². The third-order valence-corrected chi connectivity index (χ3v) is 4.01. The normalized spacial score (nSPS) is 9.89. The first kappa shape index (κ1) is 20.4. The molecule has 0 unspecified atom stereocenters. The second-order valence-corrected chi connectivity index (χ2v) is 5.62. The highest BCUT2D eigenvalue weighted by molar-refractivity contribution is 6.13. The third kappa shape index (κ3) is 4.64. The molecule has 3 aromatic rings. The number of hydrogen-bond donors (Lipinski definition) is 2. The zero-order valence-electron chi connectivity index (χ0n) is 14.9. The Bertz CT molecular complexity index is 861. The van der Waals surface area contributed by atoms with Crippen LogP contribution in [0, 0.1) is 5.82 Å². The summed E-state index contributed by atoms with van der Waals surface area (Å²) in [7, 11) is 1.42. The first-order valence-corrected chi connectivity index (χ1v) is 8.24. The standard InChI is InChI=1S/C21H20FN3O.ClH/c1-26-19-13-12-18(17(14-23)20(19)22)24-25-21(15-8-4-2-5-9-15)16-10-6-3-7-11-16;/h2-13,24H,14,23H2,1H3;1H. The minimum absolute atomic E-state index is 0. The monoisotopic (exact) mass is 385 g/mol. The molecule has 0 aliphatic heterocycles. The highest BCUT2D eigenvalue weighted by atomic mass is 35.5. The molecule has 4 nitrogen and oxygen atoms in total. The fraction of sp³-hybridized carbons (Fsp3) is 0.0952. The van der Waals surface area contributed by atoms with Crippen molar-refractivity contribution in [1.29, 1.82) is 0 Å². The lowest BCUT2D eigenvalue weighted by Gasteiger charge is -2.13. The molecule has 0 radical (unpaired) electrons. The van der Waals surface area contributed by atoms with Crippen LogP contribution in [0.3, 0.4) is 0 Å². The molecule has 0 fully saturated rings. The van der Waals surface area contributed by atoms with Gasteiger partial charge in [-0.05, 0) is 12.1 Å². The van der Waals surface area contributed by atoms with Gasteiger partial charge in [-0.2, -0.15) is 5.10 Å². The van der Waals surface area contributed by atoms with Crippen molar-refractivity contribution in [1.82, 2.24) is 0 Å². The molecule has 0 aliphatic carbocycles. The molecule has 3 aromatic carbocycles. The number of methoxy groups -OCH3 is 1. The van der Waals surface area contributed by atoms with Crippen molar-refractivity contribution in [3.8, 4) is 5.75 Å². The van der Waals surface area contributed by atoms with E-state index in [0.29, 0.717) is 11.3 Å². The number of hydrogen-bond acceptors (Lipinski definition) is 4. The van der Waals surface area contributed by atoms with Gasteiger partial charge in [0.05, 0.1) is 18.5 Å². The largest absolute Gasteiger partial charge is 0.494 e. The van der Waals surface area contributed by atoms with Crippen LogP contribution in [-0.4, -0.2) is 12.8 Å². The Morgan fingerprint density at radius 2 is 1.52 bits per heavy atom. The minimum atomic E-state index is -0.476. The van der Waals surface area contributed by atoms with E-state index >= 15 is 0 Å². The van der Waals surface area contributed by atoms with Crippen molar-refractivity contribution in [2.75, 3.05) is 12.5 Å². The first-order valence-electron chi connectivity index (χ1n) is 8.24. The summed E-state index contributed by atoms with van der Waals surface area (Å²) in [5, 5.41) is 4.54. The number of rotatable bonds is 6. The topological polar surface area (TPSA) is 59.6 Å². The summed E-state index contributed by atoms with van der Waals surface area (Å²) >= 11 is 0. The van der Waals surface area contributed by atoms with Crippen LogP contribution in [0.1, 0.15) is 16.7 Å². The number of nitrogens with zero attached hydrogens (tertiary/aromatic N) is 1. The van der Waals surface area contributed by atoms with E-state index < -0.39 is 5.82 Å². The molecule has 0 saturated carbocycles. The van der Waals surface area contributed by atoms with Crippen molar-refractivity contribution >= 4 is 23.8 Å². The molecule has 0 heterocycles. The Labute approximate surface area is 164 Å². The SMILES string of the molecule is COc1ccc(NN=C(c2ccccc2)c2ccccc2)c(CN)c1F.Cl. The molecule has 3 N–H and O–H groups in total. The van der Waals surface area contributed by atoms with E-state index in [1.807, 2.05) is 60.7 Å². The summed E-state index contributed by atoms with van der Waals surface area (Å²) in [6, 6.07) is 22.9. The average molecular weight is 386 g/mol. The summed E-state index contributed by atoms with van der Waals surface area (Å²) in [5.41, 5.74) is 12.2. The molecule has 0 atom stereocenters. The Hall–Kier alpha value is -2.89. The van der Waals surface area contributed by atoms with Gasteiger partial charge >= 0.3 is 0 Å². The number of nitrogens with two attached hydrogens (primary N) is 1. The predicted octanol–water partition coefficient (Wildman–Crippen LogP) is 4.58. The van der Waals surface area contributed by atoms with Crippen LogP contribution >= 0.6 is 12.4 Å². The molecular weight excluding hydrogens is 365 g/mol. The van der Waals surface area contributed by atoms with Crippen molar-refractivity contribution in [2.45, 2.75) is 6.54 Å². The van der Waals surface area contributed by atoms with Crippen LogP contribution in [-0.2, 0) is 6.54 Å². The maximum atomic E-state index is 14.4. The summed E-state index contributed by atoms with van der Waals surface area (Å²) < 4.78 is 19.4. The van der Waals surface area contributed by atoms with Gasteiger partial charge in [-0.15, -0.1) is 12.4 Å². The number of anilines is 1. The van der Waals surface area contributed by atoms with E-state index in [1.54, 1.807) is 12.1 Å². The molecule has 6 heteroatoms. The lowest BCUT2D eigenvalue weighted by atomic mass is 10.0. The molecule has 0 aromatic heterocycles. The summed E-state index contributed by atoms with van der Waals surface area (Å²) in [5.74, 6) is -0.317. The molecule has 0 saturated heterocycles. The van der Waals surface area contributed by atoms with Crippen LogP contribution in [0.5, 0.6) is 5.75 Å². The van der Waals surface area contributed by atoms with Gasteiger partial charge in [0.1, 0.15) is 0 Å². The van der Waals surface area contributed by atoms with E-state index in [9.17, 15) is 4.39 Å². The number of benzene rings is 3. The second-order valence-electron chi connectivity index (χ2n) is 5.62. The summed E-state index contributed by atoms with van der Waals surface area (Å²) in [6.45, 7) is 0.0346. The van der Waals surface area contributed by atoms with Crippen LogP contribution in [0.2, 0.25) is 0 Å². The second kappa shape index (κ2) is 9.71. The highest BCUT2D eigenvalue weighted by Gasteiger charge is 2.13. The first-order chi connectivity index (χ1) is 12.7. The van der Waals surface area contributed by atoms with E-state index in [4.69, 9.17) is 10.5 Å². The average Bonchev–Trinajstić information content (AvgIpc) is 2.70. The van der Waals surface area contributed by atoms with E-state index in [-0.39, 0.29) is 24.7 Å². The Balaban J connectivity index is 0.00000261. The summed E-state index contributed by atoms with van der Waals surface area (Å²) in [6.07, 6.45) is 0. The maximum absolute atomic E-state index is 14.4.